The molecule has 1 aliphatic heterocycles. The first-order valence-corrected chi connectivity index (χ1v) is 5.56. The van der Waals surface area contributed by atoms with Gasteiger partial charge in [-0.05, 0) is 6.92 Å². The number of fused-ring (bicyclic) bond motifs is 1. The molecule has 2 rings (SSSR count). The van der Waals surface area contributed by atoms with Gasteiger partial charge in [-0.1, -0.05) is 0 Å². The van der Waals surface area contributed by atoms with E-state index in [0.29, 0.717) is 6.54 Å². The van der Waals surface area contributed by atoms with E-state index in [9.17, 15) is 9.90 Å². The fourth-order valence-electron chi connectivity index (χ4n) is 2.08. The normalized spacial score (nSPS) is 19.5. The molecule has 94 valence electrons. The minimum atomic E-state index is -1.47. The second kappa shape index (κ2) is 4.46. The highest BCUT2D eigenvalue weighted by molar-refractivity contribution is 5.78. The molecule has 0 aromatic carbocycles. The highest BCUT2D eigenvalue weighted by Gasteiger charge is 2.34. The monoisotopic (exact) mass is 239 g/mol. The van der Waals surface area contributed by atoms with Gasteiger partial charge >= 0.3 is 5.97 Å². The van der Waals surface area contributed by atoms with Gasteiger partial charge in [-0.15, -0.1) is 0 Å². The summed E-state index contributed by atoms with van der Waals surface area (Å²) in [5.41, 5.74) is -1.47. The molecule has 2 heterocycles. The number of β-amino-alcohol motifs (C(OH)–C–C–N with tert-alkyl or cyclic N) is 1. The second-order valence-corrected chi connectivity index (χ2v) is 4.51. The molecule has 0 radical (unpaired) electrons. The van der Waals surface area contributed by atoms with Crippen molar-refractivity contribution in [3.05, 3.63) is 18.2 Å². The molecule has 1 aromatic rings. The number of imidazole rings is 1. The summed E-state index contributed by atoms with van der Waals surface area (Å²) >= 11 is 0. The molecule has 0 fully saturated rings. The number of carbonyl (C=O) groups excluding carboxylic acids is 1. The molecule has 0 saturated heterocycles. The first kappa shape index (κ1) is 12.1. The Morgan fingerprint density at radius 1 is 1.65 bits per heavy atom. The summed E-state index contributed by atoms with van der Waals surface area (Å²) in [4.78, 5) is 17.6. The molecule has 1 unspecified atom stereocenters. The lowest BCUT2D eigenvalue weighted by Crippen LogP contribution is -2.49. The third kappa shape index (κ3) is 2.48. The number of carbonyl (C=O) groups is 1. The van der Waals surface area contributed by atoms with E-state index in [1.165, 1.54) is 14.0 Å². The van der Waals surface area contributed by atoms with Crippen molar-refractivity contribution < 1.29 is 14.6 Å². The standard InChI is InChI=1S/C11H17N3O3/c1-11(16,10(15)17-2)8-13-5-6-14-4-3-12-9(14)7-13/h3-4,16H,5-8H2,1-2H3. The number of esters is 1. The number of aliphatic hydroxyl groups is 1. The zero-order chi connectivity index (χ0) is 12.5. The minimum Gasteiger partial charge on any atom is -0.467 e. The van der Waals surface area contributed by atoms with Crippen LogP contribution in [0.1, 0.15) is 12.7 Å². The molecule has 1 atom stereocenters. The molecule has 0 saturated carbocycles. The zero-order valence-corrected chi connectivity index (χ0v) is 10.1. The van der Waals surface area contributed by atoms with Crippen LogP contribution in [-0.2, 0) is 22.6 Å². The maximum atomic E-state index is 11.4. The number of hydrogen-bond acceptors (Lipinski definition) is 5. The smallest absolute Gasteiger partial charge is 0.338 e. The Labute approximate surface area is 99.8 Å². The van der Waals surface area contributed by atoms with Gasteiger partial charge in [0.1, 0.15) is 5.82 Å². The fraction of sp³-hybridized carbons (Fsp3) is 0.636. The van der Waals surface area contributed by atoms with Crippen LogP contribution in [0.5, 0.6) is 0 Å². The zero-order valence-electron chi connectivity index (χ0n) is 10.1. The first-order valence-electron chi connectivity index (χ1n) is 5.56. The molecule has 1 aliphatic rings. The van der Waals surface area contributed by atoms with Gasteiger partial charge in [0.2, 0.25) is 0 Å². The lowest BCUT2D eigenvalue weighted by Gasteiger charge is -2.32. The van der Waals surface area contributed by atoms with Gasteiger partial charge in [-0.2, -0.15) is 0 Å². The highest BCUT2D eigenvalue weighted by Crippen LogP contribution is 2.15. The largest absolute Gasteiger partial charge is 0.467 e. The van der Waals surface area contributed by atoms with Gasteiger partial charge in [0, 0.05) is 32.0 Å². The van der Waals surface area contributed by atoms with Crippen molar-refractivity contribution in [1.29, 1.82) is 0 Å². The Morgan fingerprint density at radius 2 is 2.41 bits per heavy atom. The molecule has 0 amide bonds. The van der Waals surface area contributed by atoms with Crippen LogP contribution in [-0.4, -0.2) is 51.3 Å². The Morgan fingerprint density at radius 3 is 3.12 bits per heavy atom. The molecule has 0 bridgehead atoms. The molecule has 1 N–H and O–H groups in total. The Hall–Kier alpha value is -1.40. The highest BCUT2D eigenvalue weighted by atomic mass is 16.5. The molecule has 6 heteroatoms. The third-order valence-electron chi connectivity index (χ3n) is 2.98. The molecular weight excluding hydrogens is 222 g/mol. The van der Waals surface area contributed by atoms with E-state index in [-0.39, 0.29) is 6.54 Å². The summed E-state index contributed by atoms with van der Waals surface area (Å²) in [6, 6.07) is 0. The van der Waals surface area contributed by atoms with Crippen molar-refractivity contribution in [3.8, 4) is 0 Å². The van der Waals surface area contributed by atoms with Gasteiger partial charge in [0.15, 0.2) is 5.60 Å². The van der Waals surface area contributed by atoms with Crippen LogP contribution in [0.4, 0.5) is 0 Å². The summed E-state index contributed by atoms with van der Waals surface area (Å²) in [7, 11) is 1.28. The number of ether oxygens (including phenoxy) is 1. The summed E-state index contributed by atoms with van der Waals surface area (Å²) in [6.07, 6.45) is 3.70. The van der Waals surface area contributed by atoms with E-state index in [1.807, 2.05) is 11.1 Å². The Bertz CT molecular complexity index is 414. The predicted octanol–water partition coefficient (Wildman–Crippen LogP) is -0.377. The van der Waals surface area contributed by atoms with Crippen molar-refractivity contribution >= 4 is 5.97 Å². The number of aromatic nitrogens is 2. The van der Waals surface area contributed by atoms with Crippen LogP contribution in [0.3, 0.4) is 0 Å². The lowest BCUT2D eigenvalue weighted by atomic mass is 10.1. The predicted molar refractivity (Wildman–Crippen MR) is 60.1 cm³/mol. The van der Waals surface area contributed by atoms with Gasteiger partial charge in [-0.3, -0.25) is 4.90 Å². The molecule has 1 aromatic heterocycles. The average molecular weight is 239 g/mol. The van der Waals surface area contributed by atoms with E-state index in [1.54, 1.807) is 6.20 Å². The van der Waals surface area contributed by atoms with E-state index < -0.39 is 11.6 Å². The molecule has 6 nitrogen and oxygen atoms in total. The van der Waals surface area contributed by atoms with Crippen molar-refractivity contribution in [2.75, 3.05) is 20.2 Å². The van der Waals surface area contributed by atoms with E-state index >= 15 is 0 Å². The minimum absolute atomic E-state index is 0.256. The third-order valence-corrected chi connectivity index (χ3v) is 2.98. The fourth-order valence-corrected chi connectivity index (χ4v) is 2.08. The number of methoxy groups -OCH3 is 1. The van der Waals surface area contributed by atoms with Gasteiger partial charge < -0.3 is 14.4 Å². The van der Waals surface area contributed by atoms with Crippen LogP contribution in [0.25, 0.3) is 0 Å². The number of hydrogen-bond donors (Lipinski definition) is 1. The van der Waals surface area contributed by atoms with Crippen LogP contribution >= 0.6 is 0 Å². The van der Waals surface area contributed by atoms with E-state index in [4.69, 9.17) is 0 Å². The van der Waals surface area contributed by atoms with Crippen molar-refractivity contribution in [1.82, 2.24) is 14.5 Å². The summed E-state index contributed by atoms with van der Waals surface area (Å²) in [5.74, 6) is 0.350. The number of nitrogens with zero attached hydrogens (tertiary/aromatic N) is 3. The van der Waals surface area contributed by atoms with E-state index in [2.05, 4.69) is 14.3 Å². The molecule has 17 heavy (non-hydrogen) atoms. The molecule has 0 aliphatic carbocycles. The number of rotatable bonds is 3. The summed E-state index contributed by atoms with van der Waals surface area (Å²) in [6.45, 7) is 3.98. The maximum absolute atomic E-state index is 11.4. The SMILES string of the molecule is COC(=O)C(C)(O)CN1CCn2ccnc2C1. The molecular formula is C11H17N3O3. The van der Waals surface area contributed by atoms with Gasteiger partial charge in [0.05, 0.1) is 13.7 Å². The van der Waals surface area contributed by atoms with E-state index in [0.717, 1.165) is 18.9 Å². The molecule has 0 spiro atoms. The lowest BCUT2D eigenvalue weighted by molar-refractivity contribution is -0.162. The Kier molecular flexibility index (Phi) is 3.17. The van der Waals surface area contributed by atoms with Crippen LogP contribution in [0.2, 0.25) is 0 Å². The van der Waals surface area contributed by atoms with Crippen LogP contribution < -0.4 is 0 Å². The summed E-state index contributed by atoms with van der Waals surface area (Å²) in [5, 5.41) is 9.99. The summed E-state index contributed by atoms with van der Waals surface area (Å²) < 4.78 is 6.65. The van der Waals surface area contributed by atoms with Crippen molar-refractivity contribution in [3.63, 3.8) is 0 Å². The first-order chi connectivity index (χ1) is 8.03. The van der Waals surface area contributed by atoms with Crippen molar-refractivity contribution in [2.24, 2.45) is 0 Å². The van der Waals surface area contributed by atoms with Crippen LogP contribution in [0.15, 0.2) is 12.4 Å². The topological polar surface area (TPSA) is 67.6 Å². The average Bonchev–Trinajstić information content (AvgIpc) is 2.74. The van der Waals surface area contributed by atoms with Gasteiger partial charge in [0.25, 0.3) is 0 Å². The quantitative estimate of drug-likeness (QED) is 0.728. The Balaban J connectivity index is 2.00. The maximum Gasteiger partial charge on any atom is 0.338 e. The van der Waals surface area contributed by atoms with Crippen LogP contribution in [0, 0.1) is 0 Å². The second-order valence-electron chi connectivity index (χ2n) is 4.51. The van der Waals surface area contributed by atoms with Crippen molar-refractivity contribution in [2.45, 2.75) is 25.6 Å². The van der Waals surface area contributed by atoms with Gasteiger partial charge in [-0.25, -0.2) is 9.78 Å².